The molecule has 1 heterocycles. The highest BCUT2D eigenvalue weighted by molar-refractivity contribution is 5.77. The lowest BCUT2D eigenvalue weighted by Gasteiger charge is -2.10. The Morgan fingerprint density at radius 1 is 1.40 bits per heavy atom. The zero-order valence-electron chi connectivity index (χ0n) is 10.6. The number of amides is 1. The lowest BCUT2D eigenvalue weighted by Crippen LogP contribution is -2.35. The number of nitrogens with zero attached hydrogens (tertiary/aromatic N) is 1. The molecule has 0 spiro atoms. The van der Waals surface area contributed by atoms with Gasteiger partial charge in [-0.05, 0) is 12.1 Å². The maximum atomic E-state index is 12.0. The third-order valence-corrected chi connectivity index (χ3v) is 2.83. The Labute approximate surface area is 114 Å². The van der Waals surface area contributed by atoms with Crippen LogP contribution in [0.5, 0.6) is 0 Å². The van der Waals surface area contributed by atoms with E-state index in [0.29, 0.717) is 12.2 Å². The van der Waals surface area contributed by atoms with Crippen molar-refractivity contribution in [1.29, 1.82) is 0 Å². The van der Waals surface area contributed by atoms with E-state index in [4.69, 9.17) is 5.11 Å². The summed E-state index contributed by atoms with van der Waals surface area (Å²) in [5.41, 5.74) is 1.70. The van der Waals surface area contributed by atoms with Crippen LogP contribution in [-0.2, 0) is 11.2 Å². The van der Waals surface area contributed by atoms with E-state index in [1.165, 1.54) is 0 Å². The van der Waals surface area contributed by atoms with Crippen molar-refractivity contribution in [3.63, 3.8) is 0 Å². The number of H-pyrrole nitrogens is 1. The molecule has 20 heavy (non-hydrogen) atoms. The number of alkyl halides is 2. The summed E-state index contributed by atoms with van der Waals surface area (Å²) in [7, 11) is 0. The number of benzene rings is 1. The predicted octanol–water partition coefficient (Wildman–Crippen LogP) is 1.24. The molecule has 1 aromatic carbocycles. The van der Waals surface area contributed by atoms with Crippen molar-refractivity contribution in [1.82, 2.24) is 15.3 Å². The molecule has 0 aliphatic carbocycles. The maximum Gasteiger partial charge on any atom is 0.265 e. The fraction of sp³-hybridized carbons (Fsp3) is 0.385. The summed E-state index contributed by atoms with van der Waals surface area (Å²) in [5.74, 6) is 0.265. The van der Waals surface area contributed by atoms with E-state index < -0.39 is 25.0 Å². The minimum Gasteiger partial charge on any atom is -0.385 e. The molecule has 2 aromatic rings. The summed E-state index contributed by atoms with van der Waals surface area (Å²) in [6.07, 6.45) is -4.18. The van der Waals surface area contributed by atoms with Crippen LogP contribution in [-0.4, -0.2) is 40.1 Å². The van der Waals surface area contributed by atoms with E-state index in [1.807, 2.05) is 24.3 Å². The number of nitrogens with one attached hydrogen (secondary N) is 2. The molecular weight excluding hydrogens is 268 g/mol. The normalized spacial score (nSPS) is 12.8. The first-order valence-corrected chi connectivity index (χ1v) is 6.23. The third-order valence-electron chi connectivity index (χ3n) is 2.83. The van der Waals surface area contributed by atoms with Gasteiger partial charge in [0.2, 0.25) is 5.91 Å². The number of aliphatic hydroxyl groups is 1. The van der Waals surface area contributed by atoms with Crippen molar-refractivity contribution < 1.29 is 18.7 Å². The molecule has 7 heteroatoms. The van der Waals surface area contributed by atoms with Gasteiger partial charge in [0, 0.05) is 19.4 Å². The Balaban J connectivity index is 1.81. The van der Waals surface area contributed by atoms with Gasteiger partial charge in [-0.1, -0.05) is 12.1 Å². The van der Waals surface area contributed by atoms with E-state index in [0.717, 1.165) is 11.0 Å². The second-order valence-electron chi connectivity index (χ2n) is 4.41. The zero-order valence-corrected chi connectivity index (χ0v) is 10.6. The molecule has 2 rings (SSSR count). The summed E-state index contributed by atoms with van der Waals surface area (Å²) in [6.45, 7) is -0.448. The van der Waals surface area contributed by atoms with Gasteiger partial charge in [-0.15, -0.1) is 0 Å². The zero-order chi connectivity index (χ0) is 14.5. The second kappa shape index (κ2) is 6.42. The van der Waals surface area contributed by atoms with Crippen LogP contribution >= 0.6 is 0 Å². The number of fused-ring (bicyclic) bond motifs is 1. The summed E-state index contributed by atoms with van der Waals surface area (Å²) in [6, 6.07) is 7.48. The fourth-order valence-corrected chi connectivity index (χ4v) is 1.75. The van der Waals surface area contributed by atoms with Crippen LogP contribution in [0.15, 0.2) is 24.3 Å². The number of aryl methyl sites for hydroxylation is 1. The molecule has 0 radical (unpaired) electrons. The highest BCUT2D eigenvalue weighted by Gasteiger charge is 2.17. The van der Waals surface area contributed by atoms with Crippen molar-refractivity contribution in [2.45, 2.75) is 25.4 Å². The van der Waals surface area contributed by atoms with Crippen LogP contribution in [0, 0.1) is 0 Å². The van der Waals surface area contributed by atoms with Gasteiger partial charge < -0.3 is 15.4 Å². The Morgan fingerprint density at radius 3 is 2.85 bits per heavy atom. The van der Waals surface area contributed by atoms with Crippen LogP contribution in [0.25, 0.3) is 11.0 Å². The van der Waals surface area contributed by atoms with Crippen LogP contribution in [0.4, 0.5) is 8.78 Å². The first kappa shape index (κ1) is 14.4. The van der Waals surface area contributed by atoms with Crippen molar-refractivity contribution in [3.05, 3.63) is 30.1 Å². The van der Waals surface area contributed by atoms with Gasteiger partial charge in [-0.3, -0.25) is 4.79 Å². The molecule has 1 amide bonds. The number of carbonyl (C=O) groups is 1. The van der Waals surface area contributed by atoms with E-state index in [9.17, 15) is 13.6 Å². The SMILES string of the molecule is O=C(CCc1nc2ccccc2[nH]1)NCC(O)C(F)F. The van der Waals surface area contributed by atoms with E-state index >= 15 is 0 Å². The molecule has 1 unspecified atom stereocenters. The van der Waals surface area contributed by atoms with Gasteiger partial charge in [0.1, 0.15) is 11.9 Å². The average Bonchev–Trinajstić information content (AvgIpc) is 2.85. The molecule has 1 atom stereocenters. The highest BCUT2D eigenvalue weighted by Crippen LogP contribution is 2.11. The van der Waals surface area contributed by atoms with Crippen molar-refractivity contribution >= 4 is 16.9 Å². The van der Waals surface area contributed by atoms with Crippen molar-refractivity contribution in [3.8, 4) is 0 Å². The smallest absolute Gasteiger partial charge is 0.265 e. The number of para-hydroxylation sites is 2. The number of carbonyl (C=O) groups excluding carboxylic acids is 1. The van der Waals surface area contributed by atoms with E-state index in [-0.39, 0.29) is 6.42 Å². The predicted molar refractivity (Wildman–Crippen MR) is 69.4 cm³/mol. The summed E-state index contributed by atoms with van der Waals surface area (Å²) in [5, 5.41) is 11.1. The van der Waals surface area contributed by atoms with E-state index in [2.05, 4.69) is 15.3 Å². The Morgan fingerprint density at radius 2 is 2.15 bits per heavy atom. The Kier molecular flexibility index (Phi) is 4.62. The molecule has 0 bridgehead atoms. The molecule has 0 aliphatic rings. The van der Waals surface area contributed by atoms with Gasteiger partial charge >= 0.3 is 0 Å². The largest absolute Gasteiger partial charge is 0.385 e. The molecule has 3 N–H and O–H groups in total. The number of halogens is 2. The molecule has 0 aliphatic heterocycles. The molecular formula is C13H15F2N3O2. The lowest BCUT2D eigenvalue weighted by molar-refractivity contribution is -0.122. The first-order valence-electron chi connectivity index (χ1n) is 6.23. The lowest BCUT2D eigenvalue weighted by atomic mass is 10.2. The number of hydrogen-bond acceptors (Lipinski definition) is 3. The Hall–Kier alpha value is -2.02. The molecule has 1 aromatic heterocycles. The number of aromatic amines is 1. The first-order chi connectivity index (χ1) is 9.56. The molecule has 108 valence electrons. The summed E-state index contributed by atoms with van der Waals surface area (Å²) < 4.78 is 24.1. The number of imidazole rings is 1. The van der Waals surface area contributed by atoms with Crippen LogP contribution in [0.2, 0.25) is 0 Å². The van der Waals surface area contributed by atoms with Crippen LogP contribution in [0.3, 0.4) is 0 Å². The Bertz CT molecular complexity index is 553. The number of hydrogen-bond donors (Lipinski definition) is 3. The fourth-order valence-electron chi connectivity index (χ4n) is 1.75. The van der Waals surface area contributed by atoms with Crippen LogP contribution in [0.1, 0.15) is 12.2 Å². The monoisotopic (exact) mass is 283 g/mol. The number of rotatable bonds is 6. The summed E-state index contributed by atoms with van der Waals surface area (Å²) >= 11 is 0. The minimum absolute atomic E-state index is 0.121. The third kappa shape index (κ3) is 3.74. The molecule has 0 saturated heterocycles. The van der Waals surface area contributed by atoms with Gasteiger partial charge in [-0.2, -0.15) is 0 Å². The van der Waals surface area contributed by atoms with E-state index in [1.54, 1.807) is 0 Å². The standard InChI is InChI=1S/C13H15F2N3O2/c14-13(15)10(19)7-16-12(20)6-5-11-17-8-3-1-2-4-9(8)18-11/h1-4,10,13,19H,5-7H2,(H,16,20)(H,17,18). The van der Waals surface area contributed by atoms with Crippen molar-refractivity contribution in [2.24, 2.45) is 0 Å². The topological polar surface area (TPSA) is 78.0 Å². The summed E-state index contributed by atoms with van der Waals surface area (Å²) in [4.78, 5) is 18.8. The van der Waals surface area contributed by atoms with Crippen molar-refractivity contribution in [2.75, 3.05) is 6.54 Å². The molecule has 5 nitrogen and oxygen atoms in total. The van der Waals surface area contributed by atoms with Gasteiger partial charge in [0.05, 0.1) is 11.0 Å². The average molecular weight is 283 g/mol. The maximum absolute atomic E-state index is 12.0. The van der Waals surface area contributed by atoms with Gasteiger partial charge in [-0.25, -0.2) is 13.8 Å². The number of aliphatic hydroxyl groups excluding tert-OH is 1. The van der Waals surface area contributed by atoms with Gasteiger partial charge in [0.15, 0.2) is 0 Å². The highest BCUT2D eigenvalue weighted by atomic mass is 19.3. The molecule has 0 saturated carbocycles. The number of aromatic nitrogens is 2. The van der Waals surface area contributed by atoms with Gasteiger partial charge in [0.25, 0.3) is 6.43 Å². The quantitative estimate of drug-likeness (QED) is 0.746. The van der Waals surface area contributed by atoms with Crippen LogP contribution < -0.4 is 5.32 Å². The minimum atomic E-state index is -2.86. The second-order valence-corrected chi connectivity index (χ2v) is 4.41. The molecule has 0 fully saturated rings.